The van der Waals surface area contributed by atoms with Gasteiger partial charge in [0, 0.05) is 23.3 Å². The van der Waals surface area contributed by atoms with Crippen molar-refractivity contribution >= 4 is 29.2 Å². The monoisotopic (exact) mass is 546 g/mol. The van der Waals surface area contributed by atoms with Crippen LogP contribution in [0.1, 0.15) is 43.7 Å². The third kappa shape index (κ3) is 7.81. The molecule has 9 heteroatoms. The van der Waals surface area contributed by atoms with E-state index in [9.17, 15) is 27.6 Å². The number of Topliss-reactive ketones (excluding diaryl/α,β-unsaturated/α-hetero) is 1. The molecule has 0 saturated heterocycles. The molecule has 0 spiro atoms. The first kappa shape index (κ1) is 29.2. The number of allylic oxidation sites excluding steroid dienone is 3. The molecule has 0 saturated carbocycles. The average molecular weight is 547 g/mol. The van der Waals surface area contributed by atoms with Crippen molar-refractivity contribution in [2.75, 3.05) is 0 Å². The first-order valence-electron chi connectivity index (χ1n) is 12.3. The standard InChI is InChI=1S/C29H30ClF3N2O3/c1-18(2)25(27(37)29(31,32)33)35-28(38)26(20-12-7-4-8-13-20)34-24(36)17-23(19-10-5-3-6-11-19)21-14-9-15-22(30)16-21/h3-12,14-16,18,20,23,25-26H,13,17H2,1-2H3,(H,34,36)(H,35,38)/t20?,23?,25-,26-/m0/s1. The Hall–Kier alpha value is -3.39. The normalized spacial score (nSPS) is 17.5. The summed E-state index contributed by atoms with van der Waals surface area (Å²) in [5.41, 5.74) is 1.66. The maximum absolute atomic E-state index is 13.3. The molecule has 38 heavy (non-hydrogen) atoms. The fourth-order valence-corrected chi connectivity index (χ4v) is 4.62. The quantitative estimate of drug-likeness (QED) is 0.398. The molecular weight excluding hydrogens is 517 g/mol. The summed E-state index contributed by atoms with van der Waals surface area (Å²) in [4.78, 5) is 38.6. The zero-order valence-electron chi connectivity index (χ0n) is 21.0. The third-order valence-corrected chi connectivity index (χ3v) is 6.64. The van der Waals surface area contributed by atoms with Crippen LogP contribution in [0.25, 0.3) is 0 Å². The van der Waals surface area contributed by atoms with E-state index >= 15 is 0 Å². The van der Waals surface area contributed by atoms with Crippen LogP contribution in [-0.2, 0) is 14.4 Å². The molecule has 2 unspecified atom stereocenters. The van der Waals surface area contributed by atoms with Gasteiger partial charge in [-0.3, -0.25) is 14.4 Å². The maximum Gasteiger partial charge on any atom is 0.452 e. The lowest BCUT2D eigenvalue weighted by atomic mass is 9.87. The van der Waals surface area contributed by atoms with Crippen LogP contribution in [0, 0.1) is 11.8 Å². The minimum Gasteiger partial charge on any atom is -0.344 e. The summed E-state index contributed by atoms with van der Waals surface area (Å²) in [5, 5.41) is 5.49. The predicted octanol–water partition coefficient (Wildman–Crippen LogP) is 5.75. The Labute approximate surface area is 225 Å². The summed E-state index contributed by atoms with van der Waals surface area (Å²) in [6, 6.07) is 13.5. The maximum atomic E-state index is 13.3. The highest BCUT2D eigenvalue weighted by Crippen LogP contribution is 2.30. The molecule has 0 aromatic heterocycles. The Balaban J connectivity index is 1.85. The SMILES string of the molecule is CC(C)[C@H](NC(=O)[C@@H](NC(=O)CC(c1ccccc1)c1cccc(Cl)c1)C1C=CC=CC1)C(=O)C(F)(F)F. The second kappa shape index (κ2) is 12.9. The van der Waals surface area contributed by atoms with E-state index in [4.69, 9.17) is 11.6 Å². The Morgan fingerprint density at radius 1 is 0.974 bits per heavy atom. The summed E-state index contributed by atoms with van der Waals surface area (Å²) in [7, 11) is 0. The molecule has 2 amide bonds. The van der Waals surface area contributed by atoms with Crippen molar-refractivity contribution < 1.29 is 27.6 Å². The highest BCUT2D eigenvalue weighted by Gasteiger charge is 2.45. The molecule has 1 aliphatic rings. The number of amides is 2. The molecule has 202 valence electrons. The number of hydrogen-bond donors (Lipinski definition) is 2. The molecule has 5 nitrogen and oxygen atoms in total. The van der Waals surface area contributed by atoms with Gasteiger partial charge in [0.25, 0.3) is 5.78 Å². The number of alkyl halides is 3. The average Bonchev–Trinajstić information content (AvgIpc) is 2.88. The molecule has 2 aromatic rings. The lowest BCUT2D eigenvalue weighted by molar-refractivity contribution is -0.175. The zero-order valence-corrected chi connectivity index (χ0v) is 21.8. The molecule has 0 fully saturated rings. The molecule has 0 aliphatic heterocycles. The van der Waals surface area contributed by atoms with E-state index in [0.717, 1.165) is 11.1 Å². The number of rotatable bonds is 10. The van der Waals surface area contributed by atoms with Gasteiger partial charge in [-0.15, -0.1) is 0 Å². The third-order valence-electron chi connectivity index (χ3n) is 6.41. The number of halogens is 4. The highest BCUT2D eigenvalue weighted by molar-refractivity contribution is 6.30. The van der Waals surface area contributed by atoms with Crippen molar-refractivity contribution in [2.45, 2.75) is 50.9 Å². The molecular formula is C29H30ClF3N2O3. The second-order valence-corrected chi connectivity index (χ2v) is 10.0. The van der Waals surface area contributed by atoms with Crippen molar-refractivity contribution in [1.29, 1.82) is 0 Å². The predicted molar refractivity (Wildman–Crippen MR) is 141 cm³/mol. The number of hydrogen-bond acceptors (Lipinski definition) is 3. The second-order valence-electron chi connectivity index (χ2n) is 9.57. The van der Waals surface area contributed by atoms with Crippen LogP contribution in [0.15, 0.2) is 78.9 Å². The van der Waals surface area contributed by atoms with Gasteiger partial charge in [0.2, 0.25) is 11.8 Å². The van der Waals surface area contributed by atoms with Gasteiger partial charge in [-0.25, -0.2) is 0 Å². The summed E-state index contributed by atoms with van der Waals surface area (Å²) in [6.45, 7) is 2.84. The molecule has 4 atom stereocenters. The first-order chi connectivity index (χ1) is 18.0. The van der Waals surface area contributed by atoms with Crippen molar-refractivity contribution in [3.8, 4) is 0 Å². The van der Waals surface area contributed by atoms with Gasteiger partial charge in [0.05, 0.1) is 6.04 Å². The number of carbonyl (C=O) groups excluding carboxylic acids is 3. The summed E-state index contributed by atoms with van der Waals surface area (Å²) in [5.74, 6) is -5.04. The van der Waals surface area contributed by atoms with Crippen molar-refractivity contribution in [3.63, 3.8) is 0 Å². The van der Waals surface area contributed by atoms with E-state index in [0.29, 0.717) is 11.4 Å². The number of carbonyl (C=O) groups is 3. The Bertz CT molecular complexity index is 1200. The van der Waals surface area contributed by atoms with Crippen molar-refractivity contribution in [2.24, 2.45) is 11.8 Å². The lowest BCUT2D eigenvalue weighted by Crippen LogP contribution is -2.57. The van der Waals surface area contributed by atoms with Crippen molar-refractivity contribution in [1.82, 2.24) is 10.6 Å². The summed E-state index contributed by atoms with van der Waals surface area (Å²) < 4.78 is 39.5. The number of ketones is 1. The van der Waals surface area contributed by atoms with Gasteiger partial charge in [0.15, 0.2) is 0 Å². The van der Waals surface area contributed by atoms with E-state index in [-0.39, 0.29) is 12.3 Å². The Kier molecular flexibility index (Phi) is 9.91. The van der Waals surface area contributed by atoms with Crippen LogP contribution in [0.2, 0.25) is 5.02 Å². The molecule has 2 N–H and O–H groups in total. The van der Waals surface area contributed by atoms with Crippen LogP contribution < -0.4 is 10.6 Å². The molecule has 0 radical (unpaired) electrons. The Morgan fingerprint density at radius 3 is 2.24 bits per heavy atom. The van der Waals surface area contributed by atoms with E-state index in [1.807, 2.05) is 36.4 Å². The van der Waals surface area contributed by atoms with E-state index in [1.165, 1.54) is 13.8 Å². The van der Waals surface area contributed by atoms with Crippen LogP contribution in [0.5, 0.6) is 0 Å². The number of benzene rings is 2. The van der Waals surface area contributed by atoms with Crippen LogP contribution in [0.3, 0.4) is 0 Å². The molecule has 0 bridgehead atoms. The van der Waals surface area contributed by atoms with Gasteiger partial charge in [-0.05, 0) is 35.6 Å². The van der Waals surface area contributed by atoms with Gasteiger partial charge < -0.3 is 10.6 Å². The lowest BCUT2D eigenvalue weighted by Gasteiger charge is -2.29. The van der Waals surface area contributed by atoms with Gasteiger partial charge in [-0.2, -0.15) is 13.2 Å². The summed E-state index contributed by atoms with van der Waals surface area (Å²) in [6.07, 6.45) is 2.26. The van der Waals surface area contributed by atoms with E-state index in [2.05, 4.69) is 10.6 Å². The topological polar surface area (TPSA) is 75.3 Å². The smallest absolute Gasteiger partial charge is 0.344 e. The number of nitrogens with one attached hydrogen (secondary N) is 2. The highest BCUT2D eigenvalue weighted by atomic mass is 35.5. The van der Waals surface area contributed by atoms with Crippen molar-refractivity contribution in [3.05, 3.63) is 95.1 Å². The summed E-state index contributed by atoms with van der Waals surface area (Å²) >= 11 is 6.20. The van der Waals surface area contributed by atoms with Crippen LogP contribution in [-0.4, -0.2) is 35.9 Å². The largest absolute Gasteiger partial charge is 0.452 e. The molecule has 3 rings (SSSR count). The molecule has 2 aromatic carbocycles. The Morgan fingerprint density at radius 2 is 1.66 bits per heavy atom. The molecule has 0 heterocycles. The van der Waals surface area contributed by atoms with Crippen LogP contribution in [0.4, 0.5) is 13.2 Å². The first-order valence-corrected chi connectivity index (χ1v) is 12.7. The fraction of sp³-hybridized carbons (Fsp3) is 0.345. The van der Waals surface area contributed by atoms with Crippen LogP contribution >= 0.6 is 11.6 Å². The van der Waals surface area contributed by atoms with E-state index < -0.39 is 47.7 Å². The minimum absolute atomic E-state index is 0.0322. The van der Waals surface area contributed by atoms with Gasteiger partial charge in [0.1, 0.15) is 6.04 Å². The van der Waals surface area contributed by atoms with Gasteiger partial charge in [-0.1, -0.05) is 92.2 Å². The zero-order chi connectivity index (χ0) is 27.9. The molecule has 1 aliphatic carbocycles. The fourth-order valence-electron chi connectivity index (χ4n) is 4.42. The van der Waals surface area contributed by atoms with E-state index in [1.54, 1.807) is 42.5 Å². The van der Waals surface area contributed by atoms with Gasteiger partial charge >= 0.3 is 6.18 Å². The minimum atomic E-state index is -5.10.